The SMILES string of the molecule is CCN(CC)c1ccc(C(=O)OCC(=O)c2cc(C)n(Cc3ccco3)c2C)cc1. The number of aromatic nitrogens is 1. The molecular formula is C24H28N2O4. The first-order valence-electron chi connectivity index (χ1n) is 10.2. The number of Topliss-reactive ketones (excluding diaryl/α,β-unsaturated/α-hetero) is 1. The minimum Gasteiger partial charge on any atom is -0.467 e. The Morgan fingerprint density at radius 1 is 1.07 bits per heavy atom. The molecule has 0 unspecified atom stereocenters. The average molecular weight is 408 g/mol. The van der Waals surface area contributed by atoms with E-state index in [9.17, 15) is 9.59 Å². The summed E-state index contributed by atoms with van der Waals surface area (Å²) < 4.78 is 12.7. The van der Waals surface area contributed by atoms with Crippen LogP contribution in [0, 0.1) is 13.8 Å². The molecule has 0 fully saturated rings. The number of rotatable bonds is 9. The highest BCUT2D eigenvalue weighted by molar-refractivity contribution is 6.00. The van der Waals surface area contributed by atoms with Gasteiger partial charge in [0.05, 0.1) is 18.4 Å². The number of ketones is 1. The van der Waals surface area contributed by atoms with E-state index in [1.54, 1.807) is 18.4 Å². The lowest BCUT2D eigenvalue weighted by Crippen LogP contribution is -2.21. The first-order chi connectivity index (χ1) is 14.4. The van der Waals surface area contributed by atoms with E-state index >= 15 is 0 Å². The predicted octanol–water partition coefficient (Wildman–Crippen LogP) is 4.63. The lowest BCUT2D eigenvalue weighted by molar-refractivity contribution is 0.0474. The maximum atomic E-state index is 12.7. The summed E-state index contributed by atoms with van der Waals surface area (Å²) in [6.07, 6.45) is 1.63. The molecule has 6 nitrogen and oxygen atoms in total. The van der Waals surface area contributed by atoms with Crippen molar-refractivity contribution in [1.82, 2.24) is 4.57 Å². The molecule has 3 aromatic rings. The highest BCUT2D eigenvalue weighted by atomic mass is 16.5. The van der Waals surface area contributed by atoms with Crippen molar-refractivity contribution in [1.29, 1.82) is 0 Å². The molecule has 158 valence electrons. The molecule has 0 saturated carbocycles. The molecule has 0 N–H and O–H groups in total. The molecule has 0 spiro atoms. The van der Waals surface area contributed by atoms with Crippen LogP contribution in [0.25, 0.3) is 0 Å². The van der Waals surface area contributed by atoms with Gasteiger partial charge in [0.2, 0.25) is 5.78 Å². The van der Waals surface area contributed by atoms with E-state index in [1.165, 1.54) is 0 Å². The van der Waals surface area contributed by atoms with Crippen molar-refractivity contribution < 1.29 is 18.7 Å². The summed E-state index contributed by atoms with van der Waals surface area (Å²) in [6.45, 7) is 10.1. The van der Waals surface area contributed by atoms with Gasteiger partial charge >= 0.3 is 5.97 Å². The van der Waals surface area contributed by atoms with Gasteiger partial charge in [0.1, 0.15) is 5.76 Å². The summed E-state index contributed by atoms with van der Waals surface area (Å²) in [4.78, 5) is 27.2. The lowest BCUT2D eigenvalue weighted by atomic mass is 10.1. The van der Waals surface area contributed by atoms with Crippen LogP contribution in [0.5, 0.6) is 0 Å². The van der Waals surface area contributed by atoms with Gasteiger partial charge < -0.3 is 18.6 Å². The largest absolute Gasteiger partial charge is 0.467 e. The normalized spacial score (nSPS) is 10.8. The maximum absolute atomic E-state index is 12.7. The molecule has 0 radical (unpaired) electrons. The molecule has 0 saturated heterocycles. The second kappa shape index (κ2) is 9.48. The van der Waals surface area contributed by atoms with Crippen LogP contribution in [0.15, 0.2) is 53.1 Å². The quantitative estimate of drug-likeness (QED) is 0.381. The Hall–Kier alpha value is -3.28. The van der Waals surface area contributed by atoms with Gasteiger partial charge in [-0.3, -0.25) is 4.79 Å². The van der Waals surface area contributed by atoms with Crippen LogP contribution in [-0.4, -0.2) is 36.0 Å². The van der Waals surface area contributed by atoms with Crippen molar-refractivity contribution >= 4 is 17.4 Å². The molecule has 30 heavy (non-hydrogen) atoms. The Morgan fingerprint density at radius 2 is 1.77 bits per heavy atom. The van der Waals surface area contributed by atoms with Gasteiger partial charge in [0.15, 0.2) is 6.61 Å². The maximum Gasteiger partial charge on any atom is 0.338 e. The monoisotopic (exact) mass is 408 g/mol. The van der Waals surface area contributed by atoms with Crippen LogP contribution in [0.3, 0.4) is 0 Å². The van der Waals surface area contributed by atoms with Crippen molar-refractivity contribution in [2.24, 2.45) is 0 Å². The first-order valence-corrected chi connectivity index (χ1v) is 10.2. The zero-order valence-corrected chi connectivity index (χ0v) is 18.0. The van der Waals surface area contributed by atoms with Crippen LogP contribution >= 0.6 is 0 Å². The van der Waals surface area contributed by atoms with Gasteiger partial charge in [-0.1, -0.05) is 0 Å². The van der Waals surface area contributed by atoms with E-state index in [-0.39, 0.29) is 12.4 Å². The third-order valence-corrected chi connectivity index (χ3v) is 5.33. The fourth-order valence-corrected chi connectivity index (χ4v) is 3.57. The number of hydrogen-bond donors (Lipinski definition) is 0. The van der Waals surface area contributed by atoms with Crippen LogP contribution in [0.4, 0.5) is 5.69 Å². The van der Waals surface area contributed by atoms with E-state index in [2.05, 4.69) is 18.7 Å². The van der Waals surface area contributed by atoms with E-state index in [4.69, 9.17) is 9.15 Å². The molecule has 2 heterocycles. The minimum absolute atomic E-state index is 0.220. The molecule has 1 aromatic carbocycles. The van der Waals surface area contributed by atoms with Crippen LogP contribution in [-0.2, 0) is 11.3 Å². The number of benzene rings is 1. The van der Waals surface area contributed by atoms with E-state index in [0.29, 0.717) is 17.7 Å². The van der Waals surface area contributed by atoms with Gasteiger partial charge in [-0.2, -0.15) is 0 Å². The number of ether oxygens (including phenoxy) is 1. The zero-order chi connectivity index (χ0) is 21.7. The highest BCUT2D eigenvalue weighted by Crippen LogP contribution is 2.19. The molecule has 2 aromatic heterocycles. The van der Waals surface area contributed by atoms with Crippen LogP contribution in [0.2, 0.25) is 0 Å². The first kappa shape index (κ1) is 21.4. The van der Waals surface area contributed by atoms with Crippen LogP contribution in [0.1, 0.15) is 51.7 Å². The van der Waals surface area contributed by atoms with Gasteiger partial charge in [-0.05, 0) is 70.2 Å². The van der Waals surface area contributed by atoms with Crippen molar-refractivity contribution in [3.05, 3.63) is 77.0 Å². The van der Waals surface area contributed by atoms with E-state index < -0.39 is 5.97 Å². The summed E-state index contributed by atoms with van der Waals surface area (Å²) in [5, 5.41) is 0. The Kier molecular flexibility index (Phi) is 6.77. The highest BCUT2D eigenvalue weighted by Gasteiger charge is 2.18. The van der Waals surface area contributed by atoms with Crippen molar-refractivity contribution in [2.75, 3.05) is 24.6 Å². The molecule has 3 rings (SSSR count). The summed E-state index contributed by atoms with van der Waals surface area (Å²) in [5.41, 5.74) is 3.82. The van der Waals surface area contributed by atoms with Gasteiger partial charge in [0, 0.05) is 35.7 Å². The molecule has 0 amide bonds. The number of nitrogens with zero attached hydrogens (tertiary/aromatic N) is 2. The summed E-state index contributed by atoms with van der Waals surface area (Å²) in [6, 6.07) is 12.8. The molecule has 0 aliphatic rings. The Bertz CT molecular complexity index is 997. The molecule has 6 heteroatoms. The summed E-state index contributed by atoms with van der Waals surface area (Å²) >= 11 is 0. The topological polar surface area (TPSA) is 64.7 Å². The molecular weight excluding hydrogens is 380 g/mol. The van der Waals surface area contributed by atoms with Gasteiger partial charge in [-0.25, -0.2) is 4.79 Å². The Balaban J connectivity index is 1.63. The number of hydrogen-bond acceptors (Lipinski definition) is 5. The zero-order valence-electron chi connectivity index (χ0n) is 18.0. The number of carbonyl (C=O) groups is 2. The second-order valence-electron chi connectivity index (χ2n) is 7.17. The number of esters is 1. The number of aryl methyl sites for hydroxylation is 1. The van der Waals surface area contributed by atoms with Gasteiger partial charge in [0.25, 0.3) is 0 Å². The number of anilines is 1. The van der Waals surface area contributed by atoms with E-state index in [1.807, 2.05) is 48.7 Å². The smallest absolute Gasteiger partial charge is 0.338 e. The third-order valence-electron chi connectivity index (χ3n) is 5.33. The predicted molar refractivity (Wildman–Crippen MR) is 116 cm³/mol. The van der Waals surface area contributed by atoms with Gasteiger partial charge in [-0.15, -0.1) is 0 Å². The summed E-state index contributed by atoms with van der Waals surface area (Å²) in [5.74, 6) is 0.0936. The average Bonchev–Trinajstić information content (AvgIpc) is 3.37. The number of furan rings is 1. The van der Waals surface area contributed by atoms with Crippen molar-refractivity contribution in [2.45, 2.75) is 34.2 Å². The molecule has 0 atom stereocenters. The third kappa shape index (κ3) is 4.64. The number of carbonyl (C=O) groups excluding carboxylic acids is 2. The molecule has 0 bridgehead atoms. The Morgan fingerprint density at radius 3 is 2.37 bits per heavy atom. The van der Waals surface area contributed by atoms with Crippen LogP contribution < -0.4 is 4.90 Å². The fraction of sp³-hybridized carbons (Fsp3) is 0.333. The molecule has 0 aliphatic carbocycles. The fourth-order valence-electron chi connectivity index (χ4n) is 3.57. The van der Waals surface area contributed by atoms with Crippen molar-refractivity contribution in [3.8, 4) is 0 Å². The Labute approximate surface area is 177 Å². The molecule has 0 aliphatic heterocycles. The second-order valence-corrected chi connectivity index (χ2v) is 7.17. The van der Waals surface area contributed by atoms with E-state index in [0.717, 1.165) is 35.9 Å². The van der Waals surface area contributed by atoms with Crippen molar-refractivity contribution in [3.63, 3.8) is 0 Å². The summed E-state index contributed by atoms with van der Waals surface area (Å²) in [7, 11) is 0. The minimum atomic E-state index is -0.501. The lowest BCUT2D eigenvalue weighted by Gasteiger charge is -2.20. The standard InChI is InChI=1S/C24H28N2O4/c1-5-25(6-2)20-11-9-19(10-12-20)24(28)30-16-23(27)22-14-17(3)26(18(22)4)15-21-8-7-13-29-21/h7-14H,5-6,15-16H2,1-4H3.